The van der Waals surface area contributed by atoms with Crippen molar-refractivity contribution in [3.8, 4) is 11.3 Å². The molecule has 2 N–H and O–H groups in total. The Labute approximate surface area is 142 Å². The van der Waals surface area contributed by atoms with Crippen LogP contribution in [0.2, 0.25) is 0 Å². The average molecular weight is 342 g/mol. The summed E-state index contributed by atoms with van der Waals surface area (Å²) in [4.78, 5) is 20.2. The highest BCUT2D eigenvalue weighted by atomic mass is 32.1. The number of benzene rings is 1. The van der Waals surface area contributed by atoms with E-state index in [0.29, 0.717) is 18.7 Å². The second-order valence-electron chi connectivity index (χ2n) is 4.97. The van der Waals surface area contributed by atoms with Crippen molar-refractivity contribution in [3.05, 3.63) is 65.6 Å². The minimum absolute atomic E-state index is 0.156. The molecule has 0 saturated heterocycles. The van der Waals surface area contributed by atoms with Gasteiger partial charge in [-0.15, -0.1) is 11.3 Å². The van der Waals surface area contributed by atoms with Gasteiger partial charge in [-0.1, -0.05) is 0 Å². The molecule has 122 valence electrons. The van der Waals surface area contributed by atoms with Gasteiger partial charge in [0.2, 0.25) is 0 Å². The SMILES string of the molecule is O=C(NCCNc1nc(-c2ccc(F)cc2)cs1)c1cccnc1. The van der Waals surface area contributed by atoms with E-state index < -0.39 is 0 Å². The fourth-order valence-corrected chi connectivity index (χ4v) is 2.80. The van der Waals surface area contributed by atoms with Gasteiger partial charge in [-0.25, -0.2) is 9.37 Å². The zero-order valence-corrected chi connectivity index (χ0v) is 13.5. The van der Waals surface area contributed by atoms with Crippen molar-refractivity contribution in [2.45, 2.75) is 0 Å². The number of nitrogens with zero attached hydrogens (tertiary/aromatic N) is 2. The predicted octanol–water partition coefficient (Wildman–Crippen LogP) is 3.19. The van der Waals surface area contributed by atoms with E-state index in [-0.39, 0.29) is 11.7 Å². The van der Waals surface area contributed by atoms with E-state index in [2.05, 4.69) is 20.6 Å². The first-order valence-corrected chi connectivity index (χ1v) is 8.24. The average Bonchev–Trinajstić information content (AvgIpc) is 3.09. The minimum atomic E-state index is -0.267. The van der Waals surface area contributed by atoms with Gasteiger partial charge in [0.15, 0.2) is 5.13 Å². The molecule has 0 radical (unpaired) electrons. The second kappa shape index (κ2) is 7.65. The molecule has 0 atom stereocenters. The molecule has 3 aromatic rings. The van der Waals surface area contributed by atoms with E-state index in [0.717, 1.165) is 16.4 Å². The summed E-state index contributed by atoms with van der Waals surface area (Å²) in [5.41, 5.74) is 2.19. The lowest BCUT2D eigenvalue weighted by Crippen LogP contribution is -2.28. The molecule has 2 aromatic heterocycles. The number of thiazole rings is 1. The molecule has 1 aromatic carbocycles. The molecule has 0 bridgehead atoms. The van der Waals surface area contributed by atoms with Gasteiger partial charge in [0.25, 0.3) is 5.91 Å². The molecule has 5 nitrogen and oxygen atoms in total. The van der Waals surface area contributed by atoms with E-state index in [1.54, 1.807) is 30.5 Å². The Morgan fingerprint density at radius 1 is 1.17 bits per heavy atom. The molecule has 3 rings (SSSR count). The van der Waals surface area contributed by atoms with Crippen LogP contribution in [-0.4, -0.2) is 29.0 Å². The van der Waals surface area contributed by atoms with E-state index >= 15 is 0 Å². The number of pyridine rings is 1. The third-order valence-corrected chi connectivity index (χ3v) is 4.05. The number of aromatic nitrogens is 2. The smallest absolute Gasteiger partial charge is 0.252 e. The third kappa shape index (κ3) is 4.14. The standard InChI is InChI=1S/C17H15FN4OS/c18-14-5-3-12(4-6-14)15-11-24-17(22-15)21-9-8-20-16(23)13-2-1-7-19-10-13/h1-7,10-11H,8-9H2,(H,20,23)(H,21,22). The topological polar surface area (TPSA) is 66.9 Å². The molecule has 0 unspecified atom stereocenters. The van der Waals surface area contributed by atoms with Gasteiger partial charge in [0.1, 0.15) is 5.82 Å². The molecule has 0 fully saturated rings. The molecular formula is C17H15FN4OS. The van der Waals surface area contributed by atoms with Gasteiger partial charge in [-0.3, -0.25) is 9.78 Å². The van der Waals surface area contributed by atoms with Gasteiger partial charge in [0.05, 0.1) is 11.3 Å². The number of hydrogen-bond acceptors (Lipinski definition) is 5. The number of halogens is 1. The summed E-state index contributed by atoms with van der Waals surface area (Å²) in [5, 5.41) is 8.62. The summed E-state index contributed by atoms with van der Waals surface area (Å²) < 4.78 is 12.9. The number of rotatable bonds is 6. The monoisotopic (exact) mass is 342 g/mol. The fraction of sp³-hybridized carbons (Fsp3) is 0.118. The first kappa shape index (κ1) is 16.1. The van der Waals surface area contributed by atoms with E-state index in [1.807, 2.05) is 5.38 Å². The molecular weight excluding hydrogens is 327 g/mol. The Balaban J connectivity index is 1.47. The van der Waals surface area contributed by atoms with Crippen LogP contribution in [0.15, 0.2) is 54.2 Å². The molecule has 24 heavy (non-hydrogen) atoms. The highest BCUT2D eigenvalue weighted by Gasteiger charge is 2.06. The summed E-state index contributed by atoms with van der Waals surface area (Å²) in [7, 11) is 0. The summed E-state index contributed by atoms with van der Waals surface area (Å²) in [5.74, 6) is -0.423. The predicted molar refractivity (Wildman–Crippen MR) is 92.6 cm³/mol. The van der Waals surface area contributed by atoms with Gasteiger partial charge < -0.3 is 10.6 Å². The number of carbonyl (C=O) groups excluding carboxylic acids is 1. The van der Waals surface area contributed by atoms with Crippen molar-refractivity contribution in [2.75, 3.05) is 18.4 Å². The molecule has 0 saturated carbocycles. The summed E-state index contributed by atoms with van der Waals surface area (Å²) >= 11 is 1.47. The Kier molecular flexibility index (Phi) is 5.12. The van der Waals surface area contributed by atoms with Crippen molar-refractivity contribution >= 4 is 22.4 Å². The lowest BCUT2D eigenvalue weighted by atomic mass is 10.2. The summed E-state index contributed by atoms with van der Waals surface area (Å²) in [6.45, 7) is 1.03. The van der Waals surface area contributed by atoms with Crippen LogP contribution in [0, 0.1) is 5.82 Å². The normalized spacial score (nSPS) is 10.4. The van der Waals surface area contributed by atoms with Crippen molar-refractivity contribution in [3.63, 3.8) is 0 Å². The number of amides is 1. The zero-order chi connectivity index (χ0) is 16.8. The van der Waals surface area contributed by atoms with Gasteiger partial charge in [-0.2, -0.15) is 0 Å². The maximum Gasteiger partial charge on any atom is 0.252 e. The Bertz CT molecular complexity index is 805. The first-order valence-electron chi connectivity index (χ1n) is 7.36. The second-order valence-corrected chi connectivity index (χ2v) is 5.83. The first-order chi connectivity index (χ1) is 11.7. The summed E-state index contributed by atoms with van der Waals surface area (Å²) in [6.07, 6.45) is 3.15. The third-order valence-electron chi connectivity index (χ3n) is 3.25. The number of carbonyl (C=O) groups is 1. The Morgan fingerprint density at radius 3 is 2.75 bits per heavy atom. The van der Waals surface area contributed by atoms with Crippen molar-refractivity contribution < 1.29 is 9.18 Å². The van der Waals surface area contributed by atoms with E-state index in [1.165, 1.54) is 29.7 Å². The van der Waals surface area contributed by atoms with Crippen LogP contribution >= 0.6 is 11.3 Å². The maximum atomic E-state index is 12.9. The zero-order valence-electron chi connectivity index (χ0n) is 12.7. The summed E-state index contributed by atoms with van der Waals surface area (Å²) in [6, 6.07) is 9.65. The highest BCUT2D eigenvalue weighted by molar-refractivity contribution is 7.14. The van der Waals surface area contributed by atoms with Gasteiger partial charge in [-0.05, 0) is 36.4 Å². The van der Waals surface area contributed by atoms with Crippen LogP contribution in [0.25, 0.3) is 11.3 Å². The number of nitrogens with one attached hydrogen (secondary N) is 2. The lowest BCUT2D eigenvalue weighted by Gasteiger charge is -2.05. The fourth-order valence-electron chi connectivity index (χ4n) is 2.05. The van der Waals surface area contributed by atoms with Crippen LogP contribution in [0.3, 0.4) is 0 Å². The molecule has 0 spiro atoms. The highest BCUT2D eigenvalue weighted by Crippen LogP contribution is 2.24. The quantitative estimate of drug-likeness (QED) is 0.675. The van der Waals surface area contributed by atoms with Crippen molar-refractivity contribution in [1.29, 1.82) is 0 Å². The van der Waals surface area contributed by atoms with Crippen LogP contribution in [0.4, 0.5) is 9.52 Å². The maximum absolute atomic E-state index is 12.9. The Morgan fingerprint density at radius 2 is 2.00 bits per heavy atom. The molecule has 0 aliphatic heterocycles. The molecule has 7 heteroatoms. The Hall–Kier alpha value is -2.80. The minimum Gasteiger partial charge on any atom is -0.360 e. The molecule has 0 aliphatic carbocycles. The number of hydrogen-bond donors (Lipinski definition) is 2. The van der Waals surface area contributed by atoms with E-state index in [9.17, 15) is 9.18 Å². The van der Waals surface area contributed by atoms with Crippen LogP contribution < -0.4 is 10.6 Å². The van der Waals surface area contributed by atoms with Gasteiger partial charge in [0, 0.05) is 36.4 Å². The van der Waals surface area contributed by atoms with Crippen molar-refractivity contribution in [1.82, 2.24) is 15.3 Å². The van der Waals surface area contributed by atoms with Crippen LogP contribution in [0.1, 0.15) is 10.4 Å². The van der Waals surface area contributed by atoms with Crippen LogP contribution in [0.5, 0.6) is 0 Å². The molecule has 2 heterocycles. The number of anilines is 1. The lowest BCUT2D eigenvalue weighted by molar-refractivity contribution is 0.0955. The van der Waals surface area contributed by atoms with Crippen LogP contribution in [-0.2, 0) is 0 Å². The van der Waals surface area contributed by atoms with Gasteiger partial charge >= 0.3 is 0 Å². The van der Waals surface area contributed by atoms with E-state index in [4.69, 9.17) is 0 Å². The largest absolute Gasteiger partial charge is 0.360 e. The van der Waals surface area contributed by atoms with Crippen molar-refractivity contribution in [2.24, 2.45) is 0 Å². The molecule has 0 aliphatic rings. The molecule has 1 amide bonds.